The molecule has 0 aromatic heterocycles. The summed E-state index contributed by atoms with van der Waals surface area (Å²) in [4.78, 5) is 23.4. The van der Waals surface area contributed by atoms with Crippen LogP contribution in [0.5, 0.6) is 5.75 Å². The second-order valence-corrected chi connectivity index (χ2v) is 5.59. The zero-order chi connectivity index (χ0) is 16.0. The molecule has 0 radical (unpaired) electrons. The van der Waals surface area contributed by atoms with Crippen LogP contribution in [0, 0.1) is 19.8 Å². The van der Waals surface area contributed by atoms with Crippen LogP contribution in [0.1, 0.15) is 38.3 Å². The van der Waals surface area contributed by atoms with E-state index in [0.717, 1.165) is 11.1 Å². The van der Waals surface area contributed by atoms with E-state index in [2.05, 4.69) is 10.9 Å². The van der Waals surface area contributed by atoms with Crippen molar-refractivity contribution < 1.29 is 14.3 Å². The molecule has 5 nitrogen and oxygen atoms in total. The number of carbonyl (C=O) groups is 2. The topological polar surface area (TPSA) is 67.4 Å². The zero-order valence-corrected chi connectivity index (χ0v) is 13.3. The Labute approximate surface area is 126 Å². The monoisotopic (exact) mass is 292 g/mol. The molecule has 1 rings (SSSR count). The first-order valence-corrected chi connectivity index (χ1v) is 7.12. The second kappa shape index (κ2) is 7.67. The number of amides is 2. The van der Waals surface area contributed by atoms with Crippen LogP contribution < -0.4 is 15.6 Å². The first kappa shape index (κ1) is 17.0. The highest BCUT2D eigenvalue weighted by molar-refractivity contribution is 5.84. The molecule has 0 spiro atoms. The van der Waals surface area contributed by atoms with Gasteiger partial charge in [0, 0.05) is 6.42 Å². The van der Waals surface area contributed by atoms with E-state index in [4.69, 9.17) is 4.74 Å². The SMILES string of the molecule is Cc1cccc(OC(C)C(=O)NNC(=O)CC(C)C)c1C. The summed E-state index contributed by atoms with van der Waals surface area (Å²) in [6.07, 6.45) is -0.322. The van der Waals surface area contributed by atoms with Gasteiger partial charge in [0.05, 0.1) is 0 Å². The molecule has 1 aromatic rings. The van der Waals surface area contributed by atoms with Gasteiger partial charge in [-0.2, -0.15) is 0 Å². The van der Waals surface area contributed by atoms with Crippen LogP contribution in [-0.4, -0.2) is 17.9 Å². The molecular formula is C16H24N2O3. The van der Waals surface area contributed by atoms with Crippen molar-refractivity contribution >= 4 is 11.8 Å². The van der Waals surface area contributed by atoms with Gasteiger partial charge < -0.3 is 4.74 Å². The van der Waals surface area contributed by atoms with Gasteiger partial charge in [-0.05, 0) is 43.9 Å². The van der Waals surface area contributed by atoms with Crippen molar-refractivity contribution in [3.63, 3.8) is 0 Å². The Hall–Kier alpha value is -2.04. The van der Waals surface area contributed by atoms with Gasteiger partial charge in [0.25, 0.3) is 5.91 Å². The molecule has 5 heteroatoms. The smallest absolute Gasteiger partial charge is 0.279 e. The van der Waals surface area contributed by atoms with Crippen molar-refractivity contribution in [2.45, 2.75) is 47.1 Å². The number of benzene rings is 1. The highest BCUT2D eigenvalue weighted by atomic mass is 16.5. The molecule has 0 aliphatic rings. The lowest BCUT2D eigenvalue weighted by Crippen LogP contribution is -2.47. The number of nitrogens with one attached hydrogen (secondary N) is 2. The van der Waals surface area contributed by atoms with Gasteiger partial charge in [-0.3, -0.25) is 20.4 Å². The molecular weight excluding hydrogens is 268 g/mol. The lowest BCUT2D eigenvalue weighted by molar-refractivity contribution is -0.133. The molecule has 0 bridgehead atoms. The molecule has 21 heavy (non-hydrogen) atoms. The van der Waals surface area contributed by atoms with E-state index >= 15 is 0 Å². The maximum absolute atomic E-state index is 11.9. The molecule has 1 aromatic carbocycles. The van der Waals surface area contributed by atoms with Crippen LogP contribution in [0.25, 0.3) is 0 Å². The lowest BCUT2D eigenvalue weighted by Gasteiger charge is -2.17. The number of carbonyl (C=O) groups excluding carboxylic acids is 2. The average molecular weight is 292 g/mol. The number of hydrogen-bond donors (Lipinski definition) is 2. The summed E-state index contributed by atoms with van der Waals surface area (Å²) in [5.41, 5.74) is 6.87. The van der Waals surface area contributed by atoms with E-state index in [1.165, 1.54) is 0 Å². The van der Waals surface area contributed by atoms with Gasteiger partial charge in [-0.25, -0.2) is 0 Å². The minimum Gasteiger partial charge on any atom is -0.481 e. The van der Waals surface area contributed by atoms with Crippen LogP contribution in [-0.2, 0) is 9.59 Å². The number of hydrogen-bond acceptors (Lipinski definition) is 3. The van der Waals surface area contributed by atoms with Gasteiger partial charge in [-0.15, -0.1) is 0 Å². The Balaban J connectivity index is 2.51. The summed E-state index contributed by atoms with van der Waals surface area (Å²) in [5.74, 6) is 0.321. The highest BCUT2D eigenvalue weighted by Crippen LogP contribution is 2.21. The Morgan fingerprint density at radius 2 is 1.81 bits per heavy atom. The van der Waals surface area contributed by atoms with Gasteiger partial charge in [0.15, 0.2) is 6.10 Å². The normalized spacial score (nSPS) is 11.9. The maximum atomic E-state index is 11.9. The Kier molecular flexibility index (Phi) is 6.21. The fraction of sp³-hybridized carbons (Fsp3) is 0.500. The van der Waals surface area contributed by atoms with Crippen LogP contribution >= 0.6 is 0 Å². The summed E-state index contributed by atoms with van der Waals surface area (Å²) in [6, 6.07) is 5.69. The predicted octanol–water partition coefficient (Wildman–Crippen LogP) is 2.26. The molecule has 2 N–H and O–H groups in total. The third-order valence-electron chi connectivity index (χ3n) is 3.15. The number of rotatable bonds is 5. The quantitative estimate of drug-likeness (QED) is 0.818. The van der Waals surface area contributed by atoms with Crippen molar-refractivity contribution in [1.82, 2.24) is 10.9 Å². The van der Waals surface area contributed by atoms with Crippen LogP contribution in [0.3, 0.4) is 0 Å². The second-order valence-electron chi connectivity index (χ2n) is 5.59. The first-order chi connectivity index (χ1) is 9.81. The summed E-state index contributed by atoms with van der Waals surface area (Å²) in [5, 5.41) is 0. The summed E-state index contributed by atoms with van der Waals surface area (Å²) in [6.45, 7) is 9.45. The summed E-state index contributed by atoms with van der Waals surface area (Å²) < 4.78 is 5.64. The Morgan fingerprint density at radius 3 is 2.43 bits per heavy atom. The molecule has 0 heterocycles. The van der Waals surface area contributed by atoms with E-state index in [1.54, 1.807) is 6.92 Å². The molecule has 0 aliphatic heterocycles. The van der Waals surface area contributed by atoms with E-state index in [1.807, 2.05) is 45.9 Å². The molecule has 116 valence electrons. The number of ether oxygens (including phenoxy) is 1. The van der Waals surface area contributed by atoms with Gasteiger partial charge in [0.2, 0.25) is 5.91 Å². The zero-order valence-electron chi connectivity index (χ0n) is 13.3. The van der Waals surface area contributed by atoms with E-state index in [0.29, 0.717) is 12.2 Å². The lowest BCUT2D eigenvalue weighted by atomic mass is 10.1. The van der Waals surface area contributed by atoms with E-state index in [9.17, 15) is 9.59 Å². The minimum absolute atomic E-state index is 0.211. The first-order valence-electron chi connectivity index (χ1n) is 7.12. The number of hydrazine groups is 1. The standard InChI is InChI=1S/C16H24N2O3/c1-10(2)9-15(19)17-18-16(20)13(5)21-14-8-6-7-11(3)12(14)4/h6-8,10,13H,9H2,1-5H3,(H,17,19)(H,18,20). The third-order valence-corrected chi connectivity index (χ3v) is 3.15. The summed E-state index contributed by atoms with van der Waals surface area (Å²) in [7, 11) is 0. The van der Waals surface area contributed by atoms with E-state index in [-0.39, 0.29) is 17.7 Å². The van der Waals surface area contributed by atoms with Crippen molar-refractivity contribution in [3.8, 4) is 5.75 Å². The van der Waals surface area contributed by atoms with Gasteiger partial charge >= 0.3 is 0 Å². The summed E-state index contributed by atoms with van der Waals surface area (Å²) >= 11 is 0. The van der Waals surface area contributed by atoms with Crippen molar-refractivity contribution in [1.29, 1.82) is 0 Å². The molecule has 2 amide bonds. The number of aryl methyl sites for hydroxylation is 1. The van der Waals surface area contributed by atoms with Gasteiger partial charge in [-0.1, -0.05) is 26.0 Å². The van der Waals surface area contributed by atoms with Crippen molar-refractivity contribution in [3.05, 3.63) is 29.3 Å². The van der Waals surface area contributed by atoms with Crippen LogP contribution in [0.2, 0.25) is 0 Å². The van der Waals surface area contributed by atoms with E-state index < -0.39 is 6.10 Å². The molecule has 1 atom stereocenters. The predicted molar refractivity (Wildman–Crippen MR) is 81.7 cm³/mol. The Bertz CT molecular complexity index is 512. The molecule has 0 saturated carbocycles. The van der Waals surface area contributed by atoms with Crippen LogP contribution in [0.15, 0.2) is 18.2 Å². The molecule has 0 fully saturated rings. The molecule has 0 saturated heterocycles. The van der Waals surface area contributed by atoms with Gasteiger partial charge in [0.1, 0.15) is 5.75 Å². The molecule has 0 aliphatic carbocycles. The molecule has 1 unspecified atom stereocenters. The third kappa shape index (κ3) is 5.45. The largest absolute Gasteiger partial charge is 0.481 e. The fourth-order valence-electron chi connectivity index (χ4n) is 1.75. The average Bonchev–Trinajstić information content (AvgIpc) is 2.40. The highest BCUT2D eigenvalue weighted by Gasteiger charge is 2.16. The maximum Gasteiger partial charge on any atom is 0.279 e. The Morgan fingerprint density at radius 1 is 1.14 bits per heavy atom. The minimum atomic E-state index is -0.690. The van der Waals surface area contributed by atoms with Crippen molar-refractivity contribution in [2.75, 3.05) is 0 Å². The van der Waals surface area contributed by atoms with Crippen molar-refractivity contribution in [2.24, 2.45) is 5.92 Å². The van der Waals surface area contributed by atoms with Crippen LogP contribution in [0.4, 0.5) is 0 Å². The fourth-order valence-corrected chi connectivity index (χ4v) is 1.75.